The smallest absolute Gasteiger partial charge is 0.426 e. The van der Waals surface area contributed by atoms with Crippen molar-refractivity contribution < 1.29 is 14.8 Å². The fourth-order valence-corrected chi connectivity index (χ4v) is 3.30. The average Bonchev–Trinajstić information content (AvgIpc) is 3.10. The standard InChI is InChI=1S/C13H26BN3O3/c1-2-12(16-7-3-4-8-16)15-10-13(18)17-9-5-6-11(17)14(19)20/h11-12,15,19-20H,2-10H2,1H3/t11-,12+/m0/s1. The van der Waals surface area contributed by atoms with E-state index in [9.17, 15) is 14.8 Å². The highest BCUT2D eigenvalue weighted by Gasteiger charge is 2.36. The lowest BCUT2D eigenvalue weighted by molar-refractivity contribution is -0.130. The summed E-state index contributed by atoms with van der Waals surface area (Å²) in [7, 11) is -1.43. The Labute approximate surface area is 121 Å². The minimum absolute atomic E-state index is 0.0294. The Morgan fingerprint density at radius 2 is 2.00 bits per heavy atom. The quantitative estimate of drug-likeness (QED) is 0.568. The summed E-state index contributed by atoms with van der Waals surface area (Å²) in [6, 6.07) is 0. The maximum atomic E-state index is 12.2. The van der Waals surface area contributed by atoms with Gasteiger partial charge in [-0.2, -0.15) is 0 Å². The van der Waals surface area contributed by atoms with Gasteiger partial charge in [-0.05, 0) is 45.2 Å². The predicted octanol–water partition coefficient (Wildman–Crippen LogP) is -0.589. The van der Waals surface area contributed by atoms with Crippen LogP contribution in [-0.2, 0) is 4.79 Å². The molecule has 0 aromatic rings. The van der Waals surface area contributed by atoms with Crippen molar-refractivity contribution >= 4 is 13.0 Å². The summed E-state index contributed by atoms with van der Waals surface area (Å²) in [6.45, 7) is 5.22. The predicted molar refractivity (Wildman–Crippen MR) is 77.8 cm³/mol. The van der Waals surface area contributed by atoms with E-state index in [1.165, 1.54) is 12.8 Å². The number of amides is 1. The highest BCUT2D eigenvalue weighted by Crippen LogP contribution is 2.18. The molecule has 2 rings (SSSR count). The zero-order valence-corrected chi connectivity index (χ0v) is 12.3. The van der Waals surface area contributed by atoms with Crippen LogP contribution in [0.4, 0.5) is 0 Å². The number of rotatable bonds is 6. The number of likely N-dealkylation sites (tertiary alicyclic amines) is 2. The molecule has 0 aromatic carbocycles. The maximum absolute atomic E-state index is 12.2. The van der Waals surface area contributed by atoms with Crippen molar-refractivity contribution in [2.45, 2.75) is 51.1 Å². The van der Waals surface area contributed by atoms with Crippen LogP contribution in [-0.4, -0.2) is 71.2 Å². The highest BCUT2D eigenvalue weighted by molar-refractivity contribution is 6.43. The molecule has 114 valence electrons. The molecule has 6 nitrogen and oxygen atoms in total. The van der Waals surface area contributed by atoms with Crippen LogP contribution in [0.1, 0.15) is 39.0 Å². The summed E-state index contributed by atoms with van der Waals surface area (Å²) >= 11 is 0. The Balaban J connectivity index is 1.81. The van der Waals surface area contributed by atoms with Crippen LogP contribution in [0.5, 0.6) is 0 Å². The topological polar surface area (TPSA) is 76.0 Å². The van der Waals surface area contributed by atoms with Crippen LogP contribution in [0.25, 0.3) is 0 Å². The molecule has 7 heteroatoms. The van der Waals surface area contributed by atoms with Gasteiger partial charge in [-0.1, -0.05) is 6.92 Å². The molecule has 3 N–H and O–H groups in total. The van der Waals surface area contributed by atoms with E-state index in [1.807, 2.05) is 0 Å². The van der Waals surface area contributed by atoms with Gasteiger partial charge in [-0.3, -0.25) is 15.0 Å². The molecular weight excluding hydrogens is 257 g/mol. The third-order valence-electron chi connectivity index (χ3n) is 4.42. The molecule has 0 aromatic heterocycles. The van der Waals surface area contributed by atoms with E-state index in [-0.39, 0.29) is 18.6 Å². The lowest BCUT2D eigenvalue weighted by atomic mass is 9.78. The molecule has 2 heterocycles. The fraction of sp³-hybridized carbons (Fsp3) is 0.923. The first-order chi connectivity index (χ1) is 9.63. The molecule has 2 fully saturated rings. The first-order valence-corrected chi connectivity index (χ1v) is 7.76. The Bertz CT molecular complexity index is 324. The first kappa shape index (κ1) is 15.8. The molecule has 2 aliphatic rings. The number of hydrogen-bond acceptors (Lipinski definition) is 5. The molecule has 2 atom stereocenters. The third kappa shape index (κ3) is 3.72. The zero-order valence-electron chi connectivity index (χ0n) is 12.3. The Morgan fingerprint density at radius 3 is 2.60 bits per heavy atom. The van der Waals surface area contributed by atoms with Gasteiger partial charge in [0, 0.05) is 6.54 Å². The largest absolute Gasteiger partial charge is 0.475 e. The Kier molecular flexibility index (Phi) is 5.83. The van der Waals surface area contributed by atoms with Gasteiger partial charge in [0.25, 0.3) is 0 Å². The minimum atomic E-state index is -1.43. The summed E-state index contributed by atoms with van der Waals surface area (Å²) in [5.74, 6) is -0.464. The summed E-state index contributed by atoms with van der Waals surface area (Å²) in [5, 5.41) is 21.9. The van der Waals surface area contributed by atoms with E-state index in [2.05, 4.69) is 17.1 Å². The van der Waals surface area contributed by atoms with E-state index in [4.69, 9.17) is 0 Å². The number of carbonyl (C=O) groups is 1. The molecule has 1 amide bonds. The van der Waals surface area contributed by atoms with Crippen molar-refractivity contribution in [2.75, 3.05) is 26.2 Å². The summed E-state index contributed by atoms with van der Waals surface area (Å²) in [6.07, 6.45) is 5.21. The summed E-state index contributed by atoms with van der Waals surface area (Å²) in [4.78, 5) is 16.2. The average molecular weight is 283 g/mol. The van der Waals surface area contributed by atoms with Crippen LogP contribution < -0.4 is 5.32 Å². The Hall–Kier alpha value is -0.625. The molecule has 2 aliphatic heterocycles. The van der Waals surface area contributed by atoms with Crippen LogP contribution in [0, 0.1) is 0 Å². The van der Waals surface area contributed by atoms with Crippen LogP contribution in [0.2, 0.25) is 0 Å². The van der Waals surface area contributed by atoms with Gasteiger partial charge in [0.1, 0.15) is 0 Å². The van der Waals surface area contributed by atoms with Gasteiger partial charge < -0.3 is 14.9 Å². The van der Waals surface area contributed by atoms with Crippen molar-refractivity contribution in [3.63, 3.8) is 0 Å². The lowest BCUT2D eigenvalue weighted by Gasteiger charge is -2.29. The summed E-state index contributed by atoms with van der Waals surface area (Å²) < 4.78 is 0. The second-order valence-electron chi connectivity index (χ2n) is 5.76. The molecule has 0 spiro atoms. The second-order valence-corrected chi connectivity index (χ2v) is 5.76. The SMILES string of the molecule is CC[C@H](NCC(=O)N1CCC[C@H]1B(O)O)N1CCCC1. The van der Waals surface area contributed by atoms with Crippen LogP contribution >= 0.6 is 0 Å². The summed E-state index contributed by atoms with van der Waals surface area (Å²) in [5.41, 5.74) is 0. The number of carbonyl (C=O) groups excluding carboxylic acids is 1. The first-order valence-electron chi connectivity index (χ1n) is 7.76. The molecule has 0 radical (unpaired) electrons. The van der Waals surface area contributed by atoms with Crippen molar-refractivity contribution in [1.82, 2.24) is 15.1 Å². The van der Waals surface area contributed by atoms with Crippen molar-refractivity contribution in [1.29, 1.82) is 0 Å². The maximum Gasteiger partial charge on any atom is 0.475 e. The van der Waals surface area contributed by atoms with Gasteiger partial charge in [0.2, 0.25) is 5.91 Å². The second kappa shape index (κ2) is 7.40. The van der Waals surface area contributed by atoms with Crippen LogP contribution in [0.15, 0.2) is 0 Å². The van der Waals surface area contributed by atoms with E-state index in [1.54, 1.807) is 4.90 Å². The lowest BCUT2D eigenvalue weighted by Crippen LogP contribution is -2.51. The van der Waals surface area contributed by atoms with E-state index in [0.29, 0.717) is 13.0 Å². The van der Waals surface area contributed by atoms with Crippen LogP contribution in [0.3, 0.4) is 0 Å². The van der Waals surface area contributed by atoms with Crippen molar-refractivity contribution in [2.24, 2.45) is 0 Å². The number of hydrogen-bond donors (Lipinski definition) is 3. The normalized spacial score (nSPS) is 25.1. The minimum Gasteiger partial charge on any atom is -0.426 e. The zero-order chi connectivity index (χ0) is 14.5. The molecule has 0 unspecified atom stereocenters. The van der Waals surface area contributed by atoms with E-state index in [0.717, 1.165) is 25.9 Å². The van der Waals surface area contributed by atoms with E-state index < -0.39 is 13.1 Å². The van der Waals surface area contributed by atoms with Gasteiger partial charge in [-0.15, -0.1) is 0 Å². The third-order valence-corrected chi connectivity index (χ3v) is 4.42. The number of nitrogens with zero attached hydrogens (tertiary/aromatic N) is 2. The fourth-order valence-electron chi connectivity index (χ4n) is 3.30. The van der Waals surface area contributed by atoms with E-state index >= 15 is 0 Å². The molecular formula is C13H26BN3O3. The molecule has 0 bridgehead atoms. The van der Waals surface area contributed by atoms with Gasteiger partial charge in [0.15, 0.2) is 0 Å². The molecule has 20 heavy (non-hydrogen) atoms. The molecule has 0 aliphatic carbocycles. The van der Waals surface area contributed by atoms with Crippen molar-refractivity contribution in [3.8, 4) is 0 Å². The molecule has 0 saturated carbocycles. The van der Waals surface area contributed by atoms with Gasteiger partial charge >= 0.3 is 7.12 Å². The van der Waals surface area contributed by atoms with Crippen molar-refractivity contribution in [3.05, 3.63) is 0 Å². The van der Waals surface area contributed by atoms with Gasteiger partial charge in [-0.25, -0.2) is 0 Å². The highest BCUT2D eigenvalue weighted by atomic mass is 16.4. The molecule has 2 saturated heterocycles. The Morgan fingerprint density at radius 1 is 1.30 bits per heavy atom. The number of nitrogens with one attached hydrogen (secondary N) is 1. The van der Waals surface area contributed by atoms with Gasteiger partial charge in [0.05, 0.1) is 18.7 Å². The monoisotopic (exact) mass is 283 g/mol.